The lowest BCUT2D eigenvalue weighted by Gasteiger charge is -2.28. The number of amides is 2. The van der Waals surface area contributed by atoms with Crippen LogP contribution in [0.2, 0.25) is 5.02 Å². The van der Waals surface area contributed by atoms with E-state index in [2.05, 4.69) is 10.1 Å². The van der Waals surface area contributed by atoms with Crippen molar-refractivity contribution >= 4 is 46.8 Å². The molecule has 146 valence electrons. The Morgan fingerprint density at radius 3 is 2.32 bits per heavy atom. The van der Waals surface area contributed by atoms with Crippen LogP contribution in [-0.2, 0) is 14.3 Å². The highest BCUT2D eigenvalue weighted by atomic mass is 35.5. The van der Waals surface area contributed by atoms with Gasteiger partial charge in [-0.3, -0.25) is 9.59 Å². The van der Waals surface area contributed by atoms with Gasteiger partial charge in [0.05, 0.1) is 12.7 Å². The van der Waals surface area contributed by atoms with Gasteiger partial charge in [-0.25, -0.2) is 4.79 Å². The highest BCUT2D eigenvalue weighted by Crippen LogP contribution is 2.41. The van der Waals surface area contributed by atoms with Crippen molar-refractivity contribution in [3.8, 4) is 0 Å². The van der Waals surface area contributed by atoms with Crippen molar-refractivity contribution < 1.29 is 19.1 Å². The number of thioether (sulfide) groups is 1. The number of hydrogen-bond acceptors (Lipinski definition) is 5. The zero-order chi connectivity index (χ0) is 20.3. The second kappa shape index (κ2) is 8.67. The van der Waals surface area contributed by atoms with Gasteiger partial charge < -0.3 is 15.0 Å². The van der Waals surface area contributed by atoms with E-state index in [1.807, 2.05) is 12.1 Å². The standard InChI is InChI=1S/C20H19ClN2O4S/c1-12(24)23-17(11-28-19(23)13-3-7-15(21)8-4-13)18(25)22-16-9-5-14(6-10-16)20(26)27-2/h3-10,17,19H,11H2,1-2H3,(H,22,25)/t17-,19+/m0/s1. The topological polar surface area (TPSA) is 75.7 Å². The van der Waals surface area contributed by atoms with Crippen LogP contribution >= 0.6 is 23.4 Å². The molecule has 8 heteroatoms. The lowest BCUT2D eigenvalue weighted by molar-refractivity contribution is -0.136. The molecule has 0 bridgehead atoms. The summed E-state index contributed by atoms with van der Waals surface area (Å²) in [5.74, 6) is -0.409. The van der Waals surface area contributed by atoms with Gasteiger partial charge in [0.1, 0.15) is 11.4 Å². The van der Waals surface area contributed by atoms with Crippen molar-refractivity contribution in [1.29, 1.82) is 0 Å². The summed E-state index contributed by atoms with van der Waals surface area (Å²) >= 11 is 7.48. The summed E-state index contributed by atoms with van der Waals surface area (Å²) < 4.78 is 4.66. The Balaban J connectivity index is 1.74. The molecule has 1 saturated heterocycles. The van der Waals surface area contributed by atoms with Crippen LogP contribution in [0.5, 0.6) is 0 Å². The molecule has 2 aromatic carbocycles. The van der Waals surface area contributed by atoms with Gasteiger partial charge in [-0.1, -0.05) is 23.7 Å². The predicted molar refractivity (Wildman–Crippen MR) is 109 cm³/mol. The molecular formula is C20H19ClN2O4S. The molecule has 2 amide bonds. The number of nitrogens with one attached hydrogen (secondary N) is 1. The van der Waals surface area contributed by atoms with Crippen LogP contribution in [-0.4, -0.2) is 41.6 Å². The van der Waals surface area contributed by atoms with E-state index in [1.54, 1.807) is 41.3 Å². The minimum atomic E-state index is -0.594. The summed E-state index contributed by atoms with van der Waals surface area (Å²) in [5.41, 5.74) is 1.86. The third-order valence-corrected chi connectivity index (χ3v) is 5.97. The van der Waals surface area contributed by atoms with Crippen molar-refractivity contribution in [2.24, 2.45) is 0 Å². The van der Waals surface area contributed by atoms with E-state index in [4.69, 9.17) is 11.6 Å². The largest absolute Gasteiger partial charge is 0.465 e. The molecule has 6 nitrogen and oxygen atoms in total. The first kappa shape index (κ1) is 20.2. The number of esters is 1. The average molecular weight is 419 g/mol. The van der Waals surface area contributed by atoms with E-state index in [-0.39, 0.29) is 17.2 Å². The summed E-state index contributed by atoms with van der Waals surface area (Å²) in [6, 6.07) is 13.1. The van der Waals surface area contributed by atoms with Crippen molar-refractivity contribution in [3.63, 3.8) is 0 Å². The number of carbonyl (C=O) groups excluding carboxylic acids is 3. The maximum absolute atomic E-state index is 12.8. The molecule has 0 unspecified atom stereocenters. The van der Waals surface area contributed by atoms with Crippen LogP contribution in [0.25, 0.3) is 0 Å². The Morgan fingerprint density at radius 1 is 1.11 bits per heavy atom. The van der Waals surface area contributed by atoms with E-state index in [1.165, 1.54) is 25.8 Å². The van der Waals surface area contributed by atoms with Crippen molar-refractivity contribution in [3.05, 3.63) is 64.7 Å². The molecular weight excluding hydrogens is 400 g/mol. The highest BCUT2D eigenvalue weighted by Gasteiger charge is 2.40. The first-order chi connectivity index (χ1) is 13.4. The number of methoxy groups -OCH3 is 1. The van der Waals surface area contributed by atoms with Crippen LogP contribution in [0.15, 0.2) is 48.5 Å². The number of rotatable bonds is 4. The summed E-state index contributed by atoms with van der Waals surface area (Å²) in [4.78, 5) is 38.2. The molecule has 0 aliphatic carbocycles. The second-order valence-electron chi connectivity index (χ2n) is 6.24. The van der Waals surface area contributed by atoms with Crippen LogP contribution < -0.4 is 5.32 Å². The SMILES string of the molecule is COC(=O)c1ccc(NC(=O)[C@@H]2CS[C@H](c3ccc(Cl)cc3)N2C(C)=O)cc1. The molecule has 1 heterocycles. The molecule has 0 saturated carbocycles. The molecule has 2 atom stereocenters. The molecule has 1 aliphatic heterocycles. The average Bonchev–Trinajstić information content (AvgIpc) is 3.14. The van der Waals surface area contributed by atoms with Gasteiger partial charge in [-0.15, -0.1) is 11.8 Å². The van der Waals surface area contributed by atoms with Crippen molar-refractivity contribution in [1.82, 2.24) is 4.90 Å². The molecule has 2 aromatic rings. The first-order valence-corrected chi connectivity index (χ1v) is 9.98. The Kier molecular flexibility index (Phi) is 6.26. The molecule has 0 aromatic heterocycles. The normalized spacial score (nSPS) is 18.6. The lowest BCUT2D eigenvalue weighted by atomic mass is 10.1. The molecule has 1 N–H and O–H groups in total. The van der Waals surface area contributed by atoms with Gasteiger partial charge in [0.2, 0.25) is 11.8 Å². The molecule has 0 radical (unpaired) electrons. The predicted octanol–water partition coefficient (Wildman–Crippen LogP) is 3.73. The van der Waals surface area contributed by atoms with Gasteiger partial charge in [-0.2, -0.15) is 0 Å². The minimum absolute atomic E-state index is 0.175. The summed E-state index contributed by atoms with van der Waals surface area (Å²) in [7, 11) is 1.31. The van der Waals surface area contributed by atoms with Crippen molar-refractivity contribution in [2.75, 3.05) is 18.2 Å². The Hall–Kier alpha value is -2.51. The Morgan fingerprint density at radius 2 is 1.75 bits per heavy atom. The molecule has 1 fully saturated rings. The smallest absolute Gasteiger partial charge is 0.337 e. The maximum atomic E-state index is 12.8. The Bertz CT molecular complexity index is 886. The van der Waals surface area contributed by atoms with E-state index in [0.717, 1.165) is 5.56 Å². The fourth-order valence-corrected chi connectivity index (χ4v) is 4.62. The molecule has 0 spiro atoms. The van der Waals surface area contributed by atoms with E-state index < -0.39 is 12.0 Å². The molecule has 1 aliphatic rings. The number of anilines is 1. The van der Waals surface area contributed by atoms with E-state index in [0.29, 0.717) is 22.0 Å². The lowest BCUT2D eigenvalue weighted by Crippen LogP contribution is -2.44. The number of nitrogens with zero attached hydrogens (tertiary/aromatic N) is 1. The summed E-state index contributed by atoms with van der Waals surface area (Å²) in [6.07, 6.45) is 0. The third kappa shape index (κ3) is 4.31. The van der Waals surface area contributed by atoms with Crippen LogP contribution in [0.1, 0.15) is 28.2 Å². The highest BCUT2D eigenvalue weighted by molar-refractivity contribution is 7.99. The monoisotopic (exact) mass is 418 g/mol. The first-order valence-electron chi connectivity index (χ1n) is 8.56. The van der Waals surface area contributed by atoms with Crippen LogP contribution in [0, 0.1) is 0 Å². The summed E-state index contributed by atoms with van der Waals surface area (Å²) in [5, 5.41) is 3.19. The van der Waals surface area contributed by atoms with Gasteiger partial charge in [0.15, 0.2) is 0 Å². The number of ether oxygens (including phenoxy) is 1. The molecule has 3 rings (SSSR count). The van der Waals surface area contributed by atoms with Crippen LogP contribution in [0.4, 0.5) is 5.69 Å². The zero-order valence-corrected chi connectivity index (χ0v) is 16.9. The number of halogens is 1. The van der Waals surface area contributed by atoms with E-state index in [9.17, 15) is 14.4 Å². The zero-order valence-electron chi connectivity index (χ0n) is 15.3. The van der Waals surface area contributed by atoms with Gasteiger partial charge >= 0.3 is 5.97 Å². The number of benzene rings is 2. The van der Waals surface area contributed by atoms with Gasteiger partial charge in [0.25, 0.3) is 0 Å². The quantitative estimate of drug-likeness (QED) is 0.765. The van der Waals surface area contributed by atoms with Crippen LogP contribution in [0.3, 0.4) is 0 Å². The fraction of sp³-hybridized carbons (Fsp3) is 0.250. The second-order valence-corrected chi connectivity index (χ2v) is 7.79. The van der Waals surface area contributed by atoms with Gasteiger partial charge in [0, 0.05) is 23.4 Å². The van der Waals surface area contributed by atoms with Crippen molar-refractivity contribution in [2.45, 2.75) is 18.3 Å². The Labute approximate surface area is 172 Å². The molecule has 28 heavy (non-hydrogen) atoms. The third-order valence-electron chi connectivity index (χ3n) is 4.40. The van der Waals surface area contributed by atoms with E-state index >= 15 is 0 Å². The van der Waals surface area contributed by atoms with Gasteiger partial charge in [-0.05, 0) is 42.0 Å². The maximum Gasteiger partial charge on any atom is 0.337 e. The minimum Gasteiger partial charge on any atom is -0.465 e. The summed E-state index contributed by atoms with van der Waals surface area (Å²) in [6.45, 7) is 1.46. The number of carbonyl (C=O) groups is 3. The fourth-order valence-electron chi connectivity index (χ4n) is 3.01. The number of hydrogen-bond donors (Lipinski definition) is 1.